The lowest BCUT2D eigenvalue weighted by Gasteiger charge is -2.37. The van der Waals surface area contributed by atoms with E-state index in [-0.39, 0.29) is 40.3 Å². The zero-order valence-corrected chi connectivity index (χ0v) is 25.8. The number of phenolic OH excluding ortho intramolecular Hbond substituents is 1. The summed E-state index contributed by atoms with van der Waals surface area (Å²) in [6, 6.07) is 11.6. The number of pyridine rings is 1. The third kappa shape index (κ3) is 6.16. The third-order valence-electron chi connectivity index (χ3n) is 8.12. The van der Waals surface area contributed by atoms with Gasteiger partial charge in [-0.15, -0.1) is 0 Å². The van der Waals surface area contributed by atoms with Crippen molar-refractivity contribution in [1.82, 2.24) is 4.98 Å². The second kappa shape index (κ2) is 12.5. The van der Waals surface area contributed by atoms with Crippen LogP contribution in [0.3, 0.4) is 0 Å². The quantitative estimate of drug-likeness (QED) is 0.298. The molecule has 2 N–H and O–H groups in total. The number of hydrogen-bond acceptors (Lipinski definition) is 6. The number of fused-ring (bicyclic) bond motifs is 1. The smallest absolute Gasteiger partial charge is 0.278 e. The summed E-state index contributed by atoms with van der Waals surface area (Å²) in [4.78, 5) is 33.7. The lowest BCUT2D eigenvalue weighted by Crippen LogP contribution is -2.40. The minimum atomic E-state index is -1.10. The van der Waals surface area contributed by atoms with Crippen molar-refractivity contribution < 1.29 is 23.8 Å². The number of aromatic hydroxyl groups is 1. The average molecular weight is 596 g/mol. The summed E-state index contributed by atoms with van der Waals surface area (Å²) in [7, 11) is 1.44. The normalized spacial score (nSPS) is 18.6. The standard InChI is InChI=1S/C29H28FN3O4.C7H10/c1-16-7-6-12-31-25(16)28(36)33-21-8-5-9-22(34)26(21)32-20-14-29(2,3)15-23(35)24(20)27(33)18-11-10-17(37-4)13-19(18)30;1-7-5-3-2-4-6-7/h5-13,27,32,34H,14-15H2,1-4H3;3,5-6H,2,4H2,1H3. The molecule has 7 nitrogen and oxygen atoms in total. The molecule has 3 aliphatic rings. The maximum absolute atomic E-state index is 15.7. The first-order valence-electron chi connectivity index (χ1n) is 14.8. The van der Waals surface area contributed by atoms with E-state index in [2.05, 4.69) is 35.5 Å². The minimum absolute atomic E-state index is 0.0911. The van der Waals surface area contributed by atoms with Gasteiger partial charge in [0.25, 0.3) is 5.91 Å². The number of aryl methyl sites for hydroxylation is 1. The van der Waals surface area contributed by atoms with E-state index in [0.29, 0.717) is 34.7 Å². The van der Waals surface area contributed by atoms with Gasteiger partial charge in [-0.1, -0.05) is 49.8 Å². The summed E-state index contributed by atoms with van der Waals surface area (Å²) in [5.74, 6) is -1.10. The molecule has 2 aliphatic carbocycles. The highest BCUT2D eigenvalue weighted by molar-refractivity contribution is 6.12. The number of anilines is 2. The van der Waals surface area contributed by atoms with Crippen molar-refractivity contribution in [2.45, 2.75) is 59.4 Å². The summed E-state index contributed by atoms with van der Waals surface area (Å²) in [5, 5.41) is 14.1. The van der Waals surface area contributed by atoms with E-state index in [0.717, 1.165) is 0 Å². The lowest BCUT2D eigenvalue weighted by molar-refractivity contribution is -0.118. The van der Waals surface area contributed by atoms with E-state index in [1.54, 1.807) is 37.3 Å². The molecular formula is C36H38FN3O4. The summed E-state index contributed by atoms with van der Waals surface area (Å²) in [6.45, 7) is 7.86. The molecule has 1 aliphatic heterocycles. The first-order valence-corrected chi connectivity index (χ1v) is 14.8. The Morgan fingerprint density at radius 3 is 2.55 bits per heavy atom. The van der Waals surface area contributed by atoms with Crippen LogP contribution in [0.1, 0.15) is 74.1 Å². The van der Waals surface area contributed by atoms with Crippen LogP contribution in [0.2, 0.25) is 0 Å². The van der Waals surface area contributed by atoms with E-state index >= 15 is 4.39 Å². The molecule has 0 saturated carbocycles. The number of aromatic nitrogens is 1. The van der Waals surface area contributed by atoms with Crippen molar-refractivity contribution in [3.63, 3.8) is 0 Å². The lowest BCUT2D eigenvalue weighted by atomic mass is 9.73. The molecule has 44 heavy (non-hydrogen) atoms. The molecule has 1 amide bonds. The van der Waals surface area contributed by atoms with Crippen LogP contribution in [-0.4, -0.2) is 28.9 Å². The van der Waals surface area contributed by atoms with Crippen molar-refractivity contribution in [3.05, 3.63) is 112 Å². The zero-order chi connectivity index (χ0) is 31.6. The molecule has 3 aromatic rings. The predicted molar refractivity (Wildman–Crippen MR) is 170 cm³/mol. The monoisotopic (exact) mass is 595 g/mol. The average Bonchev–Trinajstić information content (AvgIpc) is 3.12. The Balaban J connectivity index is 0.000000484. The maximum Gasteiger partial charge on any atom is 0.278 e. The number of carbonyl (C=O) groups is 2. The minimum Gasteiger partial charge on any atom is -0.506 e. The zero-order valence-electron chi connectivity index (χ0n) is 25.8. The second-order valence-electron chi connectivity index (χ2n) is 12.2. The van der Waals surface area contributed by atoms with Crippen LogP contribution in [0.15, 0.2) is 89.8 Å². The van der Waals surface area contributed by atoms with Gasteiger partial charge in [-0.2, -0.15) is 0 Å². The first kappa shape index (κ1) is 30.7. The number of nitrogens with zero attached hydrogens (tertiary/aromatic N) is 2. The van der Waals surface area contributed by atoms with Crippen LogP contribution in [0.25, 0.3) is 0 Å². The fourth-order valence-electron chi connectivity index (χ4n) is 5.99. The molecule has 1 unspecified atom stereocenters. The number of phenols is 1. The number of halogens is 1. The van der Waals surface area contributed by atoms with Crippen LogP contribution in [0, 0.1) is 18.2 Å². The number of ether oxygens (including phenoxy) is 1. The van der Waals surface area contributed by atoms with Crippen molar-refractivity contribution in [2.75, 3.05) is 17.3 Å². The molecule has 0 saturated heterocycles. The fraction of sp³-hybridized carbons (Fsp3) is 0.306. The third-order valence-corrected chi connectivity index (χ3v) is 8.12. The summed E-state index contributed by atoms with van der Waals surface area (Å²) < 4.78 is 20.9. The summed E-state index contributed by atoms with van der Waals surface area (Å²) in [6.07, 6.45) is 11.3. The van der Waals surface area contributed by atoms with Gasteiger partial charge in [0.2, 0.25) is 0 Å². The molecule has 0 bridgehead atoms. The van der Waals surface area contributed by atoms with E-state index in [4.69, 9.17) is 4.74 Å². The Kier molecular flexibility index (Phi) is 8.72. The number of ketones is 1. The number of methoxy groups -OCH3 is 1. The van der Waals surface area contributed by atoms with Gasteiger partial charge in [-0.25, -0.2) is 4.39 Å². The number of rotatable bonds is 3. The van der Waals surface area contributed by atoms with Crippen LogP contribution < -0.4 is 15.0 Å². The Morgan fingerprint density at radius 2 is 1.91 bits per heavy atom. The highest BCUT2D eigenvalue weighted by atomic mass is 19.1. The molecule has 6 rings (SSSR count). The highest BCUT2D eigenvalue weighted by Crippen LogP contribution is 2.51. The molecule has 2 heterocycles. The van der Waals surface area contributed by atoms with Gasteiger partial charge >= 0.3 is 0 Å². The highest BCUT2D eigenvalue weighted by Gasteiger charge is 2.45. The van der Waals surface area contributed by atoms with Gasteiger partial charge < -0.3 is 15.2 Å². The SMILES string of the molecule is CC1=CCCC=C1.COc1ccc(C2C3=C(CC(C)(C)CC3=O)Nc3c(O)cccc3N2C(=O)c2ncccc2C)c(F)c1. The molecule has 8 heteroatoms. The van der Waals surface area contributed by atoms with Crippen molar-refractivity contribution >= 4 is 23.1 Å². The van der Waals surface area contributed by atoms with E-state index in [9.17, 15) is 14.7 Å². The van der Waals surface area contributed by atoms with Gasteiger partial charge in [-0.05, 0) is 74.4 Å². The Labute approximate surface area is 257 Å². The van der Waals surface area contributed by atoms with Gasteiger partial charge in [0.15, 0.2) is 5.78 Å². The van der Waals surface area contributed by atoms with Crippen LogP contribution >= 0.6 is 0 Å². The van der Waals surface area contributed by atoms with Crippen molar-refractivity contribution in [3.8, 4) is 11.5 Å². The topological polar surface area (TPSA) is 91.8 Å². The van der Waals surface area contributed by atoms with Gasteiger partial charge in [0, 0.05) is 35.5 Å². The molecule has 0 fully saturated rings. The molecule has 0 spiro atoms. The number of Topliss-reactive ketones (excluding diaryl/α,β-unsaturated/α-hetero) is 1. The Hall–Kier alpha value is -4.72. The van der Waals surface area contributed by atoms with Gasteiger partial charge in [-0.3, -0.25) is 19.5 Å². The number of hydrogen-bond donors (Lipinski definition) is 2. The number of para-hydroxylation sites is 1. The molecule has 1 atom stereocenters. The van der Waals surface area contributed by atoms with Crippen LogP contribution in [0.5, 0.6) is 11.5 Å². The van der Waals surface area contributed by atoms with Gasteiger partial charge in [0.1, 0.15) is 28.7 Å². The largest absolute Gasteiger partial charge is 0.506 e. The molecule has 228 valence electrons. The molecule has 1 aromatic heterocycles. The first-order chi connectivity index (χ1) is 21.0. The predicted octanol–water partition coefficient (Wildman–Crippen LogP) is 7.98. The van der Waals surface area contributed by atoms with Crippen molar-refractivity contribution in [1.29, 1.82) is 0 Å². The number of amides is 1. The van der Waals surface area contributed by atoms with Gasteiger partial charge in [0.05, 0.1) is 18.8 Å². The van der Waals surface area contributed by atoms with E-state index in [1.807, 2.05) is 13.8 Å². The molecular weight excluding hydrogens is 557 g/mol. The Bertz CT molecular complexity index is 1710. The maximum atomic E-state index is 15.7. The fourth-order valence-corrected chi connectivity index (χ4v) is 5.99. The summed E-state index contributed by atoms with van der Waals surface area (Å²) in [5.41, 5.74) is 3.42. The van der Waals surface area contributed by atoms with Crippen LogP contribution in [-0.2, 0) is 4.79 Å². The Morgan fingerprint density at radius 1 is 1.11 bits per heavy atom. The van der Waals surface area contributed by atoms with Crippen molar-refractivity contribution in [2.24, 2.45) is 5.41 Å². The number of nitrogens with one attached hydrogen (secondary N) is 1. The van der Waals surface area contributed by atoms with E-state index < -0.39 is 17.8 Å². The van der Waals surface area contributed by atoms with Crippen LogP contribution in [0.4, 0.5) is 15.8 Å². The molecule has 0 radical (unpaired) electrons. The van der Waals surface area contributed by atoms with E-state index in [1.165, 1.54) is 54.8 Å². The number of carbonyl (C=O) groups excluding carboxylic acids is 2. The molecule has 2 aromatic carbocycles. The number of benzene rings is 2. The second-order valence-corrected chi connectivity index (χ2v) is 12.2. The summed E-state index contributed by atoms with van der Waals surface area (Å²) >= 11 is 0. The number of allylic oxidation sites excluding steroid dienone is 5.